The van der Waals surface area contributed by atoms with Crippen molar-refractivity contribution in [3.8, 4) is 0 Å². The van der Waals surface area contributed by atoms with E-state index in [1.54, 1.807) is 0 Å². The molecule has 2 N–H and O–H groups in total. The van der Waals surface area contributed by atoms with Crippen molar-refractivity contribution in [3.05, 3.63) is 0 Å². The highest BCUT2D eigenvalue weighted by Crippen LogP contribution is 2.29. The molecular formula is C12H26N2O. The molecule has 0 bridgehead atoms. The molecule has 0 aromatic heterocycles. The summed E-state index contributed by atoms with van der Waals surface area (Å²) < 4.78 is 0. The molecule has 1 heterocycles. The molecule has 0 aliphatic carbocycles. The Balaban J connectivity index is 2.25. The quantitative estimate of drug-likeness (QED) is 0.735. The molecule has 1 aliphatic rings. The zero-order valence-corrected chi connectivity index (χ0v) is 10.6. The Kier molecular flexibility index (Phi) is 4.15. The van der Waals surface area contributed by atoms with Crippen LogP contribution in [0, 0.1) is 5.41 Å². The molecule has 90 valence electrons. The first-order valence-electron chi connectivity index (χ1n) is 5.92. The lowest BCUT2D eigenvalue weighted by Crippen LogP contribution is -2.45. The molecule has 1 fully saturated rings. The van der Waals surface area contributed by atoms with Gasteiger partial charge in [0.25, 0.3) is 0 Å². The van der Waals surface area contributed by atoms with Gasteiger partial charge in [0.05, 0.1) is 5.60 Å². The van der Waals surface area contributed by atoms with Crippen molar-refractivity contribution in [2.75, 3.05) is 33.2 Å². The number of rotatable bonds is 4. The second kappa shape index (κ2) is 4.81. The number of nitrogens with one attached hydrogen (secondary N) is 1. The second-order valence-corrected chi connectivity index (χ2v) is 6.03. The Hall–Kier alpha value is -0.120. The van der Waals surface area contributed by atoms with Gasteiger partial charge in [-0.25, -0.2) is 0 Å². The Morgan fingerprint density at radius 2 is 1.87 bits per heavy atom. The van der Waals surface area contributed by atoms with Crippen LogP contribution in [0.4, 0.5) is 0 Å². The summed E-state index contributed by atoms with van der Waals surface area (Å²) in [6, 6.07) is 0. The van der Waals surface area contributed by atoms with Gasteiger partial charge >= 0.3 is 0 Å². The fourth-order valence-electron chi connectivity index (χ4n) is 2.01. The van der Waals surface area contributed by atoms with Crippen molar-refractivity contribution in [1.29, 1.82) is 0 Å². The summed E-state index contributed by atoms with van der Waals surface area (Å²) in [5.41, 5.74) is -0.181. The van der Waals surface area contributed by atoms with Gasteiger partial charge in [0, 0.05) is 13.1 Å². The molecule has 1 rings (SSSR count). The molecule has 1 saturated heterocycles. The van der Waals surface area contributed by atoms with Gasteiger partial charge in [-0.2, -0.15) is 0 Å². The summed E-state index contributed by atoms with van der Waals surface area (Å²) in [5.74, 6) is 0. The van der Waals surface area contributed by atoms with Crippen molar-refractivity contribution in [1.82, 2.24) is 10.2 Å². The molecule has 0 radical (unpaired) electrons. The van der Waals surface area contributed by atoms with Crippen LogP contribution in [0.15, 0.2) is 0 Å². The number of aliphatic hydroxyl groups is 1. The van der Waals surface area contributed by atoms with Crippen molar-refractivity contribution in [2.24, 2.45) is 5.41 Å². The van der Waals surface area contributed by atoms with E-state index < -0.39 is 5.60 Å². The van der Waals surface area contributed by atoms with Crippen LogP contribution in [0.5, 0.6) is 0 Å². The van der Waals surface area contributed by atoms with E-state index >= 15 is 0 Å². The topological polar surface area (TPSA) is 35.5 Å². The second-order valence-electron chi connectivity index (χ2n) is 6.03. The van der Waals surface area contributed by atoms with E-state index in [4.69, 9.17) is 0 Å². The summed E-state index contributed by atoms with van der Waals surface area (Å²) in [6.45, 7) is 10.1. The monoisotopic (exact) mass is 214 g/mol. The molecule has 0 saturated carbocycles. The lowest BCUT2D eigenvalue weighted by Gasteiger charge is -2.38. The van der Waals surface area contributed by atoms with E-state index in [0.29, 0.717) is 12.0 Å². The van der Waals surface area contributed by atoms with Crippen LogP contribution in [0.2, 0.25) is 0 Å². The Bertz CT molecular complexity index is 190. The average Bonchev–Trinajstić information content (AvgIpc) is 2.09. The first-order chi connectivity index (χ1) is 6.81. The molecule has 0 unspecified atom stereocenters. The highest BCUT2D eigenvalue weighted by molar-refractivity contribution is 4.84. The van der Waals surface area contributed by atoms with Gasteiger partial charge in [-0.15, -0.1) is 0 Å². The van der Waals surface area contributed by atoms with Gasteiger partial charge in [0.2, 0.25) is 0 Å². The first-order valence-corrected chi connectivity index (χ1v) is 5.92. The summed E-state index contributed by atoms with van der Waals surface area (Å²) in [6.07, 6.45) is 2.50. The first kappa shape index (κ1) is 12.9. The molecule has 0 aromatic rings. The zero-order valence-electron chi connectivity index (χ0n) is 10.6. The van der Waals surface area contributed by atoms with Crippen molar-refractivity contribution in [2.45, 2.75) is 39.2 Å². The molecule has 0 spiro atoms. The summed E-state index contributed by atoms with van der Waals surface area (Å²) in [5, 5.41) is 13.0. The minimum atomic E-state index is -0.595. The molecule has 3 heteroatoms. The normalized spacial score (nSPS) is 23.0. The third-order valence-electron chi connectivity index (χ3n) is 3.30. The maximum Gasteiger partial charge on any atom is 0.0715 e. The maximum absolute atomic E-state index is 9.60. The van der Waals surface area contributed by atoms with Crippen LogP contribution in [0.3, 0.4) is 0 Å². The largest absolute Gasteiger partial charge is 0.389 e. The van der Waals surface area contributed by atoms with Gasteiger partial charge in [0.15, 0.2) is 0 Å². The number of hydrogen-bond donors (Lipinski definition) is 2. The number of nitrogens with zero attached hydrogens (tertiary/aromatic N) is 1. The van der Waals surface area contributed by atoms with E-state index in [2.05, 4.69) is 24.2 Å². The number of likely N-dealkylation sites (tertiary alicyclic amines) is 1. The van der Waals surface area contributed by atoms with Crippen LogP contribution in [0.25, 0.3) is 0 Å². The van der Waals surface area contributed by atoms with E-state index in [1.807, 2.05) is 13.8 Å². The van der Waals surface area contributed by atoms with Gasteiger partial charge in [-0.3, -0.25) is 0 Å². The highest BCUT2D eigenvalue weighted by Gasteiger charge is 2.28. The Labute approximate surface area is 93.9 Å². The fourth-order valence-corrected chi connectivity index (χ4v) is 2.01. The predicted molar refractivity (Wildman–Crippen MR) is 64.0 cm³/mol. The van der Waals surface area contributed by atoms with Crippen molar-refractivity contribution < 1.29 is 5.11 Å². The number of piperidine rings is 1. The van der Waals surface area contributed by atoms with E-state index in [0.717, 1.165) is 6.54 Å². The van der Waals surface area contributed by atoms with E-state index in [-0.39, 0.29) is 0 Å². The van der Waals surface area contributed by atoms with Crippen LogP contribution < -0.4 is 5.32 Å². The standard InChI is InChI=1S/C12H26N2O/c1-11(2,15)9-13-10-12(3)5-7-14(4)8-6-12/h13,15H,5-10H2,1-4H3. The van der Waals surface area contributed by atoms with E-state index in [9.17, 15) is 5.11 Å². The minimum Gasteiger partial charge on any atom is -0.389 e. The highest BCUT2D eigenvalue weighted by atomic mass is 16.3. The van der Waals surface area contributed by atoms with E-state index in [1.165, 1.54) is 25.9 Å². The summed E-state index contributed by atoms with van der Waals surface area (Å²) >= 11 is 0. The Morgan fingerprint density at radius 3 is 2.33 bits per heavy atom. The smallest absolute Gasteiger partial charge is 0.0715 e. The molecule has 0 atom stereocenters. The zero-order chi connectivity index (χ0) is 11.5. The molecule has 0 aromatic carbocycles. The molecular weight excluding hydrogens is 188 g/mol. The number of hydrogen-bond acceptors (Lipinski definition) is 3. The van der Waals surface area contributed by atoms with Crippen LogP contribution >= 0.6 is 0 Å². The summed E-state index contributed by atoms with van der Waals surface area (Å²) in [4.78, 5) is 2.39. The minimum absolute atomic E-state index is 0.414. The van der Waals surface area contributed by atoms with Gasteiger partial charge in [-0.1, -0.05) is 6.92 Å². The SMILES string of the molecule is CN1CCC(C)(CNCC(C)(C)O)CC1. The molecule has 0 amide bonds. The van der Waals surface area contributed by atoms with Gasteiger partial charge in [-0.05, 0) is 52.2 Å². The Morgan fingerprint density at radius 1 is 1.33 bits per heavy atom. The van der Waals surface area contributed by atoms with Gasteiger partial charge in [0.1, 0.15) is 0 Å². The van der Waals surface area contributed by atoms with Gasteiger partial charge < -0.3 is 15.3 Å². The lowest BCUT2D eigenvalue weighted by atomic mass is 9.80. The molecule has 3 nitrogen and oxygen atoms in total. The van der Waals surface area contributed by atoms with Crippen LogP contribution in [-0.2, 0) is 0 Å². The summed E-state index contributed by atoms with van der Waals surface area (Å²) in [7, 11) is 2.18. The third-order valence-corrected chi connectivity index (χ3v) is 3.30. The van der Waals surface area contributed by atoms with Crippen LogP contribution in [-0.4, -0.2) is 48.8 Å². The predicted octanol–water partition coefficient (Wildman–Crippen LogP) is 1.08. The molecule has 1 aliphatic heterocycles. The molecule has 15 heavy (non-hydrogen) atoms. The average molecular weight is 214 g/mol. The fraction of sp³-hybridized carbons (Fsp3) is 1.00. The third kappa shape index (κ3) is 4.96. The van der Waals surface area contributed by atoms with Crippen molar-refractivity contribution in [3.63, 3.8) is 0 Å². The lowest BCUT2D eigenvalue weighted by molar-refractivity contribution is 0.0704. The maximum atomic E-state index is 9.60. The van der Waals surface area contributed by atoms with Crippen LogP contribution in [0.1, 0.15) is 33.6 Å². The van der Waals surface area contributed by atoms with Crippen molar-refractivity contribution >= 4 is 0 Å².